The standard InChI is InChI=1S/C75H94N12O10/c1-15-17-23-84(14)74(13)44-73(11,12)32-54(62(74)42-83)61(41-82)69(92)96-48-75(45-93-66(89)58(38-79)51(29-70(4,5)6)55(35-76)49(3)85-24-18-19-25-85,46-94-67(90)59(39-80)52-30-71(7,8)33-63(56(52)36-77)86-26-20-21-27-86)47-95-68(91)60(40-81)53-31-72(9,10)34-64(57(53)37-78)87-28-22-50(43-87)97-65(88)16-2/h16,50,62H,2,15,17-34,43-48H2,1,3-14H3/b55-49+,58-51+,59-52+,60-53+,61-54-/t50-,62?,74-,75?/m1/s1. The Bertz CT molecular complexity index is 3740. The van der Waals surface area contributed by atoms with Crippen LogP contribution in [-0.4, -0.2) is 140 Å². The van der Waals surface area contributed by atoms with Crippen molar-refractivity contribution in [3.8, 4) is 48.6 Å². The molecule has 0 aromatic carbocycles. The number of hydrogen-bond donors (Lipinski definition) is 0. The molecule has 4 fully saturated rings. The minimum Gasteiger partial charge on any atom is -0.461 e. The van der Waals surface area contributed by atoms with Gasteiger partial charge in [-0.2, -0.15) is 42.1 Å². The summed E-state index contributed by atoms with van der Waals surface area (Å²) in [5.74, 6) is -6.73. The number of likely N-dealkylation sites (tertiary alicyclic amines) is 3. The monoisotopic (exact) mass is 1320 g/mol. The minimum absolute atomic E-state index is 0.00661. The number of ether oxygens (including phenoxy) is 5. The van der Waals surface area contributed by atoms with Crippen LogP contribution in [0, 0.1) is 124 Å². The molecule has 6 aliphatic rings. The van der Waals surface area contributed by atoms with Crippen LogP contribution in [0.15, 0.2) is 91.1 Å². The fraction of sp³-hybridized carbons (Fsp3) is 0.613. The zero-order valence-corrected chi connectivity index (χ0v) is 59.1. The zero-order chi connectivity index (χ0) is 72.0. The third-order valence-electron chi connectivity index (χ3n) is 19.4. The van der Waals surface area contributed by atoms with Gasteiger partial charge in [-0.05, 0) is 148 Å². The maximum Gasteiger partial charge on any atom is 0.349 e. The Kier molecular flexibility index (Phi) is 25.3. The van der Waals surface area contributed by atoms with Crippen molar-refractivity contribution < 1.29 is 47.7 Å². The number of nitriles is 8. The van der Waals surface area contributed by atoms with Crippen molar-refractivity contribution in [2.24, 2.45) is 33.0 Å². The minimum atomic E-state index is -2.30. The van der Waals surface area contributed by atoms with Crippen LogP contribution < -0.4 is 0 Å². The molecule has 4 atom stereocenters. The smallest absolute Gasteiger partial charge is 0.349 e. The highest BCUT2D eigenvalue weighted by Crippen LogP contribution is 2.51. The normalized spacial score (nSPS) is 23.9. The van der Waals surface area contributed by atoms with Gasteiger partial charge in [0.1, 0.15) is 103 Å². The first-order valence-corrected chi connectivity index (χ1v) is 33.5. The van der Waals surface area contributed by atoms with E-state index in [2.05, 4.69) is 40.7 Å². The van der Waals surface area contributed by atoms with Gasteiger partial charge in [0.05, 0.1) is 35.3 Å². The molecule has 2 unspecified atom stereocenters. The lowest BCUT2D eigenvalue weighted by Crippen LogP contribution is -2.56. The Labute approximate surface area is 573 Å². The van der Waals surface area contributed by atoms with E-state index in [1.807, 2.05) is 117 Å². The van der Waals surface area contributed by atoms with E-state index in [1.54, 1.807) is 6.92 Å². The van der Waals surface area contributed by atoms with Gasteiger partial charge in [0.25, 0.3) is 0 Å². The first kappa shape index (κ1) is 76.6. The van der Waals surface area contributed by atoms with Gasteiger partial charge in [-0.15, -0.1) is 0 Å². The summed E-state index contributed by atoms with van der Waals surface area (Å²) < 4.78 is 30.1. The summed E-state index contributed by atoms with van der Waals surface area (Å²) in [5, 5.41) is 87.9. The Morgan fingerprint density at radius 3 is 1.54 bits per heavy atom. The molecule has 3 aliphatic carbocycles. The third-order valence-corrected chi connectivity index (χ3v) is 19.4. The van der Waals surface area contributed by atoms with Gasteiger partial charge in [0, 0.05) is 67.9 Å². The molecule has 3 heterocycles. The van der Waals surface area contributed by atoms with E-state index in [9.17, 15) is 46.9 Å². The number of esters is 5. The van der Waals surface area contributed by atoms with E-state index in [4.69, 9.17) is 23.7 Å². The van der Waals surface area contributed by atoms with Crippen molar-refractivity contribution in [1.82, 2.24) is 19.6 Å². The van der Waals surface area contributed by atoms with E-state index in [0.29, 0.717) is 82.0 Å². The number of allylic oxidation sites excluding steroid dienone is 9. The molecule has 0 radical (unpaired) electrons. The molecule has 0 aromatic heterocycles. The van der Waals surface area contributed by atoms with Crippen LogP contribution in [0.5, 0.6) is 0 Å². The fourth-order valence-corrected chi connectivity index (χ4v) is 14.6. The predicted octanol–water partition coefficient (Wildman–Crippen LogP) is 11.3. The lowest BCUT2D eigenvalue weighted by Gasteiger charge is -2.52. The van der Waals surface area contributed by atoms with Gasteiger partial charge in [-0.25, -0.2) is 24.0 Å². The molecular formula is C75H94N12O10. The summed E-state index contributed by atoms with van der Waals surface area (Å²) in [4.78, 5) is 80.6. The van der Waals surface area contributed by atoms with Crippen LogP contribution in [0.1, 0.15) is 173 Å². The average molecular weight is 1320 g/mol. The van der Waals surface area contributed by atoms with E-state index in [1.165, 1.54) is 0 Å². The van der Waals surface area contributed by atoms with Crippen molar-refractivity contribution in [3.05, 3.63) is 91.1 Å². The van der Waals surface area contributed by atoms with Crippen LogP contribution in [0.2, 0.25) is 0 Å². The van der Waals surface area contributed by atoms with Gasteiger partial charge in [-0.1, -0.05) is 82.2 Å². The maximum atomic E-state index is 15.1. The molecule has 97 heavy (non-hydrogen) atoms. The molecule has 3 aliphatic heterocycles. The number of carbonyl (C=O) groups excluding carboxylic acids is 5. The van der Waals surface area contributed by atoms with E-state index in [-0.39, 0.29) is 71.2 Å². The molecule has 0 N–H and O–H groups in total. The molecule has 0 spiro atoms. The van der Waals surface area contributed by atoms with Crippen molar-refractivity contribution in [1.29, 1.82) is 42.1 Å². The quantitative estimate of drug-likeness (QED) is 0.0301. The highest BCUT2D eigenvalue weighted by molar-refractivity contribution is 5.97. The summed E-state index contributed by atoms with van der Waals surface area (Å²) in [7, 11) is 1.90. The van der Waals surface area contributed by atoms with Gasteiger partial charge >= 0.3 is 29.8 Å². The first-order chi connectivity index (χ1) is 45.7. The van der Waals surface area contributed by atoms with Gasteiger partial charge in [0.15, 0.2) is 0 Å². The lowest BCUT2D eigenvalue weighted by atomic mass is 9.60. The van der Waals surface area contributed by atoms with Crippen molar-refractivity contribution in [2.45, 2.75) is 185 Å². The molecule has 0 aromatic rings. The van der Waals surface area contributed by atoms with E-state index in [0.717, 1.165) is 44.6 Å². The molecule has 22 nitrogen and oxygen atoms in total. The third kappa shape index (κ3) is 18.4. The highest BCUT2D eigenvalue weighted by atomic mass is 16.6. The van der Waals surface area contributed by atoms with E-state index >= 15 is 19.2 Å². The second-order valence-corrected chi connectivity index (χ2v) is 30.5. The van der Waals surface area contributed by atoms with Gasteiger partial charge in [0.2, 0.25) is 0 Å². The van der Waals surface area contributed by atoms with Crippen molar-refractivity contribution in [2.75, 3.05) is 79.3 Å². The Balaban J connectivity index is 1.59. The summed E-state index contributed by atoms with van der Waals surface area (Å²) in [6, 6.07) is 17.0. The van der Waals surface area contributed by atoms with Gasteiger partial charge < -0.3 is 38.4 Å². The number of rotatable bonds is 23. The number of unbranched alkanes of at least 4 members (excludes halogenated alkanes) is 1. The number of nitrogens with zero attached hydrogens (tertiary/aromatic N) is 12. The molecule has 22 heteroatoms. The Morgan fingerprint density at radius 1 is 0.619 bits per heavy atom. The van der Waals surface area contributed by atoms with Crippen molar-refractivity contribution in [3.63, 3.8) is 0 Å². The van der Waals surface area contributed by atoms with Crippen molar-refractivity contribution >= 4 is 29.8 Å². The molecule has 0 amide bonds. The summed E-state index contributed by atoms with van der Waals surface area (Å²) in [5.41, 5.74) is -5.52. The number of carbonyl (C=O) groups is 5. The van der Waals surface area contributed by atoms with Crippen LogP contribution >= 0.6 is 0 Å². The average Bonchev–Trinajstić information content (AvgIpc) is 1.15. The summed E-state index contributed by atoms with van der Waals surface area (Å²) >= 11 is 0. The Hall–Kier alpha value is -9.45. The lowest BCUT2D eigenvalue weighted by molar-refractivity contribution is -0.165. The molecule has 6 rings (SSSR count). The summed E-state index contributed by atoms with van der Waals surface area (Å²) in [6.07, 6.45) is 7.59. The molecular weight excluding hydrogens is 1230 g/mol. The van der Waals surface area contributed by atoms with E-state index < -0.39 is 123 Å². The maximum absolute atomic E-state index is 15.1. The molecule has 0 bridgehead atoms. The Morgan fingerprint density at radius 2 is 1.09 bits per heavy atom. The van der Waals surface area contributed by atoms with Gasteiger partial charge in [-0.3, -0.25) is 4.90 Å². The summed E-state index contributed by atoms with van der Waals surface area (Å²) in [6.45, 7) is 26.0. The van der Waals surface area contributed by atoms with Crippen LogP contribution in [0.25, 0.3) is 0 Å². The number of hydrogen-bond acceptors (Lipinski definition) is 22. The topological polar surface area (TPSA) is 335 Å². The largest absolute Gasteiger partial charge is 0.461 e. The first-order valence-electron chi connectivity index (χ1n) is 33.5. The molecule has 514 valence electrons. The molecule has 1 saturated carbocycles. The second kappa shape index (κ2) is 32.1. The predicted molar refractivity (Wildman–Crippen MR) is 356 cm³/mol. The molecule has 3 saturated heterocycles. The van der Waals surface area contributed by atoms with Crippen LogP contribution in [0.3, 0.4) is 0 Å². The zero-order valence-electron chi connectivity index (χ0n) is 59.1. The fourth-order valence-electron chi connectivity index (χ4n) is 14.6. The second-order valence-electron chi connectivity index (χ2n) is 30.5. The highest BCUT2D eigenvalue weighted by Gasteiger charge is 2.51. The SMILES string of the molecule is C=CC(=O)O[C@@H]1CCN(C2=C(C#N)/C(=C(\C#N)C(=O)OCC(COC(=O)/C(C#N)=C3/CC(C)(C)C[C@@](C)(N(C)CCCC)C3C#N)(COC(=O)/C(C#N)=C3\CC(C)(C)CC(N4CCCC4)=C3C#N)COC(=O)/C(C#N)=C(CC(C)(C)C)/C(C#N)=C(\C)N3CCCC3)CC(C)(C)C2)C1. The van der Waals surface area contributed by atoms with Crippen LogP contribution in [-0.2, 0) is 47.7 Å². The van der Waals surface area contributed by atoms with Crippen LogP contribution in [0.4, 0.5) is 0 Å².